The first-order valence-corrected chi connectivity index (χ1v) is 9.53. The van der Waals surface area contributed by atoms with Crippen LogP contribution in [0.3, 0.4) is 0 Å². The molecule has 0 aliphatic rings. The number of nitrogens with zero attached hydrogens (tertiary/aromatic N) is 2. The van der Waals surface area contributed by atoms with Gasteiger partial charge < -0.3 is 9.64 Å². The Hall–Kier alpha value is -2.22. The lowest BCUT2D eigenvalue weighted by molar-refractivity contribution is 0.0913. The van der Waals surface area contributed by atoms with Crippen LogP contribution in [0.15, 0.2) is 48.5 Å². The number of ether oxygens (including phenoxy) is 1. The van der Waals surface area contributed by atoms with E-state index < -0.39 is 0 Å². The van der Waals surface area contributed by atoms with E-state index in [0.29, 0.717) is 12.2 Å². The Morgan fingerprint density at radius 1 is 0.963 bits per heavy atom. The molecule has 0 amide bonds. The predicted molar refractivity (Wildman–Crippen MR) is 111 cm³/mol. The molecule has 0 aliphatic heterocycles. The van der Waals surface area contributed by atoms with E-state index in [9.17, 15) is 4.39 Å². The fourth-order valence-electron chi connectivity index (χ4n) is 2.37. The van der Waals surface area contributed by atoms with Gasteiger partial charge in [0.2, 0.25) is 0 Å². The van der Waals surface area contributed by atoms with Gasteiger partial charge in [0.25, 0.3) is 0 Å². The highest BCUT2D eigenvalue weighted by Gasteiger charge is 2.14. The second-order valence-electron chi connectivity index (χ2n) is 5.92. The summed E-state index contributed by atoms with van der Waals surface area (Å²) in [4.78, 5) is 2.18. The minimum Gasteiger partial charge on any atom is -0.369 e. The number of nitriles is 1. The second kappa shape index (κ2) is 14.9. The molecule has 1 unspecified atom stereocenters. The summed E-state index contributed by atoms with van der Waals surface area (Å²) in [7, 11) is 4.17. The Bertz CT molecular complexity index is 646. The van der Waals surface area contributed by atoms with Gasteiger partial charge >= 0.3 is 0 Å². The minimum atomic E-state index is -0.265. The zero-order valence-corrected chi connectivity index (χ0v) is 17.5. The quantitative estimate of drug-likeness (QED) is 0.642. The monoisotopic (exact) mass is 372 g/mol. The Labute approximate surface area is 164 Å². The molecule has 0 aliphatic carbocycles. The number of hydrogen-bond donors (Lipinski definition) is 0. The lowest BCUT2D eigenvalue weighted by atomic mass is 10.0. The Morgan fingerprint density at radius 2 is 1.44 bits per heavy atom. The summed E-state index contributed by atoms with van der Waals surface area (Å²) in [5.74, 6) is -0.265. The van der Waals surface area contributed by atoms with Crippen molar-refractivity contribution in [3.8, 4) is 6.07 Å². The average Bonchev–Trinajstić information content (AvgIpc) is 2.69. The first-order chi connectivity index (χ1) is 13.0. The van der Waals surface area contributed by atoms with Crippen molar-refractivity contribution < 1.29 is 9.13 Å². The summed E-state index contributed by atoms with van der Waals surface area (Å²) in [5, 5.41) is 8.80. The Kier molecular flexibility index (Phi) is 13.7. The normalized spacial score (nSPS) is 10.8. The van der Waals surface area contributed by atoms with Gasteiger partial charge in [-0.2, -0.15) is 5.26 Å². The van der Waals surface area contributed by atoms with Gasteiger partial charge in [-0.15, -0.1) is 0 Å². The minimum absolute atomic E-state index is 0.238. The summed E-state index contributed by atoms with van der Waals surface area (Å²) in [5.41, 5.74) is 2.46. The SMILES string of the molecule is CC.CCCN(C)C.CCOC(c1ccc(F)cc1)c1ccc(C#N)cc1. The topological polar surface area (TPSA) is 36.3 Å². The molecular formula is C23H33FN2O. The molecule has 0 spiro atoms. The molecule has 1 atom stereocenters. The molecular weight excluding hydrogens is 339 g/mol. The van der Waals surface area contributed by atoms with E-state index in [-0.39, 0.29) is 11.9 Å². The summed E-state index contributed by atoms with van der Waals surface area (Å²) in [6.07, 6.45) is 1.02. The van der Waals surface area contributed by atoms with Crippen LogP contribution in [0.2, 0.25) is 0 Å². The molecule has 2 aromatic rings. The van der Waals surface area contributed by atoms with Crippen LogP contribution in [-0.4, -0.2) is 32.1 Å². The number of benzene rings is 2. The molecule has 0 N–H and O–H groups in total. The maximum absolute atomic E-state index is 13.0. The Morgan fingerprint density at radius 3 is 1.78 bits per heavy atom. The van der Waals surface area contributed by atoms with Crippen LogP contribution in [0.4, 0.5) is 4.39 Å². The molecule has 0 radical (unpaired) electrons. The van der Waals surface area contributed by atoms with Crippen molar-refractivity contribution in [1.29, 1.82) is 5.26 Å². The van der Waals surface area contributed by atoms with Gasteiger partial charge in [0, 0.05) is 6.61 Å². The summed E-state index contributed by atoms with van der Waals surface area (Å²) >= 11 is 0. The molecule has 0 bridgehead atoms. The second-order valence-corrected chi connectivity index (χ2v) is 5.92. The van der Waals surface area contributed by atoms with Gasteiger partial charge in [-0.3, -0.25) is 0 Å². The molecule has 148 valence electrons. The van der Waals surface area contributed by atoms with E-state index >= 15 is 0 Å². The highest BCUT2D eigenvalue weighted by atomic mass is 19.1. The average molecular weight is 373 g/mol. The molecule has 3 nitrogen and oxygen atoms in total. The van der Waals surface area contributed by atoms with Crippen molar-refractivity contribution in [2.45, 2.75) is 40.2 Å². The van der Waals surface area contributed by atoms with E-state index in [2.05, 4.69) is 32.0 Å². The molecule has 0 saturated heterocycles. The lowest BCUT2D eigenvalue weighted by Gasteiger charge is -2.18. The molecule has 0 heterocycles. The van der Waals surface area contributed by atoms with Crippen molar-refractivity contribution in [3.05, 3.63) is 71.0 Å². The smallest absolute Gasteiger partial charge is 0.123 e. The van der Waals surface area contributed by atoms with Crippen molar-refractivity contribution >= 4 is 0 Å². The van der Waals surface area contributed by atoms with E-state index in [0.717, 1.165) is 11.1 Å². The third-order valence-electron chi connectivity index (χ3n) is 3.52. The maximum atomic E-state index is 13.0. The summed E-state index contributed by atoms with van der Waals surface area (Å²) in [6, 6.07) is 15.6. The zero-order valence-electron chi connectivity index (χ0n) is 17.5. The van der Waals surface area contributed by atoms with E-state index in [4.69, 9.17) is 10.00 Å². The van der Waals surface area contributed by atoms with Gasteiger partial charge in [0.05, 0.1) is 11.6 Å². The van der Waals surface area contributed by atoms with Gasteiger partial charge in [-0.05, 0) is 69.4 Å². The zero-order chi connectivity index (χ0) is 20.7. The molecule has 4 heteroatoms. The molecule has 2 rings (SSSR count). The van der Waals surface area contributed by atoms with Crippen LogP contribution in [0.5, 0.6) is 0 Å². The third-order valence-corrected chi connectivity index (χ3v) is 3.52. The fraction of sp³-hybridized carbons (Fsp3) is 0.435. The van der Waals surface area contributed by atoms with E-state index in [1.54, 1.807) is 24.3 Å². The standard InChI is InChI=1S/C16H14FNO.C5H13N.C2H6/c1-2-19-16(14-7-9-15(17)10-8-14)13-5-3-12(11-18)4-6-13;1-4-5-6(2)3;1-2/h3-10,16H,2H2,1H3;4-5H2,1-3H3;1-2H3. The molecule has 0 saturated carbocycles. The summed E-state index contributed by atoms with van der Waals surface area (Å²) in [6.45, 7) is 9.86. The summed E-state index contributed by atoms with van der Waals surface area (Å²) < 4.78 is 18.7. The van der Waals surface area contributed by atoms with Crippen molar-refractivity contribution in [2.24, 2.45) is 0 Å². The lowest BCUT2D eigenvalue weighted by Crippen LogP contribution is -2.11. The van der Waals surface area contributed by atoms with Crippen LogP contribution in [0.25, 0.3) is 0 Å². The first-order valence-electron chi connectivity index (χ1n) is 9.53. The first kappa shape index (κ1) is 24.8. The number of halogens is 1. The van der Waals surface area contributed by atoms with E-state index in [1.165, 1.54) is 25.1 Å². The third kappa shape index (κ3) is 9.89. The highest BCUT2D eigenvalue weighted by Crippen LogP contribution is 2.26. The van der Waals surface area contributed by atoms with Crippen molar-refractivity contribution in [1.82, 2.24) is 4.90 Å². The predicted octanol–water partition coefficient (Wildman–Crippen LogP) is 5.81. The Balaban J connectivity index is 0.000000722. The maximum Gasteiger partial charge on any atom is 0.123 e. The van der Waals surface area contributed by atoms with Crippen LogP contribution in [0.1, 0.15) is 56.9 Å². The van der Waals surface area contributed by atoms with Gasteiger partial charge in [-0.1, -0.05) is 45.0 Å². The van der Waals surface area contributed by atoms with Gasteiger partial charge in [-0.25, -0.2) is 4.39 Å². The van der Waals surface area contributed by atoms with Gasteiger partial charge in [0.15, 0.2) is 0 Å². The number of hydrogen-bond acceptors (Lipinski definition) is 3. The van der Waals surface area contributed by atoms with Crippen molar-refractivity contribution in [2.75, 3.05) is 27.2 Å². The van der Waals surface area contributed by atoms with Crippen LogP contribution in [-0.2, 0) is 4.74 Å². The van der Waals surface area contributed by atoms with Crippen LogP contribution >= 0.6 is 0 Å². The molecule has 27 heavy (non-hydrogen) atoms. The van der Waals surface area contributed by atoms with Crippen LogP contribution in [0, 0.1) is 17.1 Å². The van der Waals surface area contributed by atoms with Crippen molar-refractivity contribution in [3.63, 3.8) is 0 Å². The molecule has 0 fully saturated rings. The van der Waals surface area contributed by atoms with Crippen LogP contribution < -0.4 is 0 Å². The molecule has 2 aromatic carbocycles. The fourth-order valence-corrected chi connectivity index (χ4v) is 2.37. The van der Waals surface area contributed by atoms with Gasteiger partial charge in [0.1, 0.15) is 11.9 Å². The number of rotatable bonds is 6. The largest absolute Gasteiger partial charge is 0.369 e. The highest BCUT2D eigenvalue weighted by molar-refractivity contribution is 5.36. The molecule has 0 aromatic heterocycles. The van der Waals surface area contributed by atoms with E-state index in [1.807, 2.05) is 32.9 Å².